The Morgan fingerprint density at radius 3 is 1.28 bits per heavy atom. The molecule has 0 N–H and O–H groups in total. The number of carbonyl (C=O) groups is 2. The first-order chi connectivity index (χ1) is 31.0. The van der Waals surface area contributed by atoms with Crippen LogP contribution >= 0.6 is 7.82 Å². The van der Waals surface area contributed by atoms with Crippen LogP contribution in [0.3, 0.4) is 0 Å². The molecule has 0 aromatic carbocycles. The summed E-state index contributed by atoms with van der Waals surface area (Å²) in [6, 6.07) is 0. The third-order valence-electron chi connectivity index (χ3n) is 11.6. The van der Waals surface area contributed by atoms with Crippen LogP contribution in [0.1, 0.15) is 245 Å². The van der Waals surface area contributed by atoms with Gasteiger partial charge >= 0.3 is 11.9 Å². The van der Waals surface area contributed by atoms with Crippen LogP contribution in [0, 0.1) is 0 Å². The molecule has 1 unspecified atom stereocenters. The molecule has 64 heavy (non-hydrogen) atoms. The minimum atomic E-state index is -4.63. The number of allylic oxidation sites excluding steroid dienone is 6. The summed E-state index contributed by atoms with van der Waals surface area (Å²) >= 11 is 0. The molecule has 2 atom stereocenters. The van der Waals surface area contributed by atoms with Crippen molar-refractivity contribution in [1.82, 2.24) is 0 Å². The zero-order valence-corrected chi connectivity index (χ0v) is 43.4. The van der Waals surface area contributed by atoms with E-state index in [2.05, 4.69) is 50.3 Å². The van der Waals surface area contributed by atoms with Gasteiger partial charge in [0.25, 0.3) is 7.82 Å². The van der Waals surface area contributed by atoms with Crippen molar-refractivity contribution in [1.29, 1.82) is 0 Å². The first kappa shape index (κ1) is 62.2. The fraction of sp³-hybridized carbons (Fsp3) is 0.852. The zero-order chi connectivity index (χ0) is 47.1. The summed E-state index contributed by atoms with van der Waals surface area (Å²) in [5.74, 6) is -0.831. The highest BCUT2D eigenvalue weighted by atomic mass is 31.2. The normalized spacial score (nSPS) is 13.7. The number of hydrogen-bond acceptors (Lipinski definition) is 8. The molecule has 0 aliphatic carbocycles. The first-order valence-corrected chi connectivity index (χ1v) is 28.2. The van der Waals surface area contributed by atoms with Crippen molar-refractivity contribution < 1.29 is 42.1 Å². The van der Waals surface area contributed by atoms with Gasteiger partial charge in [-0.3, -0.25) is 14.2 Å². The molecule has 0 aromatic heterocycles. The minimum absolute atomic E-state index is 0.0312. The van der Waals surface area contributed by atoms with E-state index in [1.165, 1.54) is 161 Å². The molecule has 0 saturated carbocycles. The van der Waals surface area contributed by atoms with Gasteiger partial charge in [0.05, 0.1) is 27.7 Å². The van der Waals surface area contributed by atoms with Crippen LogP contribution in [0.2, 0.25) is 0 Å². The first-order valence-electron chi connectivity index (χ1n) is 26.7. The lowest BCUT2D eigenvalue weighted by Crippen LogP contribution is -2.37. The van der Waals surface area contributed by atoms with Crippen LogP contribution in [0.4, 0.5) is 0 Å². The standard InChI is InChI=1S/C54H102NO8P/c1-6-8-10-12-14-16-18-20-22-24-26-27-29-30-32-34-36-38-40-42-44-46-53(56)60-50-52(51-62-64(58,59)61-49-48-55(3,4)5)63-54(57)47-45-43-41-39-37-35-33-31-28-25-23-21-19-17-15-13-11-9-7-2/h15,17,20-23,52H,6-14,16,18-19,24-51H2,1-5H3/b17-15+,22-20+,23-21+/t52-/m1/s1. The molecule has 0 aromatic rings. The lowest BCUT2D eigenvalue weighted by molar-refractivity contribution is -0.870. The molecule has 0 aliphatic heterocycles. The summed E-state index contributed by atoms with van der Waals surface area (Å²) in [5.41, 5.74) is 0. The van der Waals surface area contributed by atoms with E-state index >= 15 is 0 Å². The highest BCUT2D eigenvalue weighted by Crippen LogP contribution is 2.38. The fourth-order valence-electron chi connectivity index (χ4n) is 7.45. The molecule has 0 saturated heterocycles. The van der Waals surface area contributed by atoms with Gasteiger partial charge in [-0.1, -0.05) is 198 Å². The second-order valence-corrected chi connectivity index (χ2v) is 20.6. The van der Waals surface area contributed by atoms with Gasteiger partial charge in [0.15, 0.2) is 6.10 Å². The van der Waals surface area contributed by atoms with Gasteiger partial charge in [-0.25, -0.2) is 0 Å². The smallest absolute Gasteiger partial charge is 0.306 e. The summed E-state index contributed by atoms with van der Waals surface area (Å²) in [6.07, 6.45) is 54.6. The van der Waals surface area contributed by atoms with Crippen molar-refractivity contribution >= 4 is 19.8 Å². The van der Waals surface area contributed by atoms with Gasteiger partial charge in [0.2, 0.25) is 0 Å². The number of unbranched alkanes of at least 4 members (excludes halogenated alkanes) is 29. The topological polar surface area (TPSA) is 111 Å². The average Bonchev–Trinajstić information content (AvgIpc) is 3.25. The maximum atomic E-state index is 12.8. The molecule has 0 amide bonds. The Hall–Kier alpha value is -1.77. The summed E-state index contributed by atoms with van der Waals surface area (Å²) in [7, 11) is 1.17. The Labute approximate surface area is 395 Å². The molecule has 9 nitrogen and oxygen atoms in total. The number of nitrogens with zero attached hydrogens (tertiary/aromatic N) is 1. The van der Waals surface area contributed by atoms with E-state index in [1.54, 1.807) is 0 Å². The third-order valence-corrected chi connectivity index (χ3v) is 12.6. The number of carbonyl (C=O) groups excluding carboxylic acids is 2. The second-order valence-electron chi connectivity index (χ2n) is 19.2. The van der Waals surface area contributed by atoms with E-state index in [-0.39, 0.29) is 32.0 Å². The molecular weight excluding hydrogens is 822 g/mol. The van der Waals surface area contributed by atoms with Gasteiger partial charge < -0.3 is 27.9 Å². The molecule has 0 spiro atoms. The second kappa shape index (κ2) is 46.3. The molecule has 0 aliphatic rings. The van der Waals surface area contributed by atoms with Crippen molar-refractivity contribution in [2.75, 3.05) is 47.5 Å². The predicted octanol–water partition coefficient (Wildman–Crippen LogP) is 15.4. The Morgan fingerprint density at radius 2 is 0.844 bits per heavy atom. The van der Waals surface area contributed by atoms with Gasteiger partial charge in [0, 0.05) is 12.8 Å². The third kappa shape index (κ3) is 49.7. The lowest BCUT2D eigenvalue weighted by Gasteiger charge is -2.28. The number of ether oxygens (including phenoxy) is 2. The van der Waals surface area contributed by atoms with Crippen LogP contribution in [0.5, 0.6) is 0 Å². The Morgan fingerprint density at radius 1 is 0.484 bits per heavy atom. The average molecular weight is 924 g/mol. The molecular formula is C54H102NO8P. The Kier molecular flexibility index (Phi) is 45.1. The van der Waals surface area contributed by atoms with Gasteiger partial charge in [-0.05, 0) is 70.6 Å². The number of hydrogen-bond donors (Lipinski definition) is 0. The van der Waals surface area contributed by atoms with E-state index in [0.29, 0.717) is 17.4 Å². The zero-order valence-electron chi connectivity index (χ0n) is 42.5. The molecule has 0 heterocycles. The molecule has 0 rings (SSSR count). The molecule has 0 fully saturated rings. The van der Waals surface area contributed by atoms with Crippen molar-refractivity contribution in [2.24, 2.45) is 0 Å². The van der Waals surface area contributed by atoms with Crippen LogP contribution in [0.15, 0.2) is 36.5 Å². The Bertz CT molecular complexity index is 1180. The SMILES string of the molecule is CCCCC/C=C/C/C=C/CCCCCCCCCCCC(=O)O[C@H](COC(=O)CCCCCCCCCCCCC/C=C/CCCCCCCC)COP(=O)([O-])OCC[N+](C)(C)C. The monoisotopic (exact) mass is 924 g/mol. The van der Waals surface area contributed by atoms with Crippen molar-refractivity contribution in [3.63, 3.8) is 0 Å². The minimum Gasteiger partial charge on any atom is -0.756 e. The number of quaternary nitrogens is 1. The highest BCUT2D eigenvalue weighted by molar-refractivity contribution is 7.45. The van der Waals surface area contributed by atoms with Gasteiger partial charge in [0.1, 0.15) is 19.8 Å². The number of rotatable bonds is 49. The van der Waals surface area contributed by atoms with Gasteiger partial charge in [-0.15, -0.1) is 0 Å². The fourth-order valence-corrected chi connectivity index (χ4v) is 8.17. The summed E-state index contributed by atoms with van der Waals surface area (Å²) in [5, 5.41) is 0. The summed E-state index contributed by atoms with van der Waals surface area (Å²) < 4.78 is 34.1. The predicted molar refractivity (Wildman–Crippen MR) is 268 cm³/mol. The van der Waals surface area contributed by atoms with Crippen LogP contribution in [-0.2, 0) is 32.7 Å². The van der Waals surface area contributed by atoms with Crippen LogP contribution in [0.25, 0.3) is 0 Å². The molecule has 376 valence electrons. The maximum absolute atomic E-state index is 12.8. The quantitative estimate of drug-likeness (QED) is 0.0195. The van der Waals surface area contributed by atoms with Gasteiger partial charge in [-0.2, -0.15) is 0 Å². The number of esters is 2. The van der Waals surface area contributed by atoms with E-state index in [1.807, 2.05) is 21.1 Å². The van der Waals surface area contributed by atoms with Crippen molar-refractivity contribution in [3.05, 3.63) is 36.5 Å². The van der Waals surface area contributed by atoms with E-state index < -0.39 is 26.5 Å². The largest absolute Gasteiger partial charge is 0.756 e. The summed E-state index contributed by atoms with van der Waals surface area (Å²) in [6.45, 7) is 4.23. The summed E-state index contributed by atoms with van der Waals surface area (Å²) in [4.78, 5) is 37.8. The maximum Gasteiger partial charge on any atom is 0.306 e. The van der Waals surface area contributed by atoms with Crippen LogP contribution in [-0.4, -0.2) is 70.0 Å². The van der Waals surface area contributed by atoms with Crippen molar-refractivity contribution in [3.8, 4) is 0 Å². The molecule has 0 bridgehead atoms. The van der Waals surface area contributed by atoms with Crippen molar-refractivity contribution in [2.45, 2.75) is 251 Å². The highest BCUT2D eigenvalue weighted by Gasteiger charge is 2.21. The van der Waals surface area contributed by atoms with E-state index in [9.17, 15) is 19.0 Å². The van der Waals surface area contributed by atoms with Crippen LogP contribution < -0.4 is 4.89 Å². The number of likely N-dealkylation sites (N-methyl/N-ethyl adjacent to an activating group) is 1. The Balaban J connectivity index is 4.21. The van der Waals surface area contributed by atoms with E-state index in [4.69, 9.17) is 18.5 Å². The number of phosphoric acid groups is 1. The molecule has 0 radical (unpaired) electrons. The van der Waals surface area contributed by atoms with E-state index in [0.717, 1.165) is 51.4 Å². The number of phosphoric ester groups is 1. The lowest BCUT2D eigenvalue weighted by atomic mass is 10.0. The molecule has 10 heteroatoms.